The minimum atomic E-state index is -4.38. The van der Waals surface area contributed by atoms with Crippen molar-refractivity contribution in [2.45, 2.75) is 30.8 Å². The summed E-state index contributed by atoms with van der Waals surface area (Å²) in [5, 5.41) is 2.81. The van der Waals surface area contributed by atoms with Crippen LogP contribution in [0.15, 0.2) is 114 Å². The number of halogens is 1. The summed E-state index contributed by atoms with van der Waals surface area (Å²) in [6.07, 6.45) is 0.174. The Labute approximate surface area is 251 Å². The van der Waals surface area contributed by atoms with Crippen molar-refractivity contribution in [2.75, 3.05) is 24.5 Å². The van der Waals surface area contributed by atoms with E-state index in [4.69, 9.17) is 4.74 Å². The molecular formula is C33H34FN3O5S. The van der Waals surface area contributed by atoms with Gasteiger partial charge in [0, 0.05) is 19.5 Å². The van der Waals surface area contributed by atoms with E-state index in [2.05, 4.69) is 5.32 Å². The fourth-order valence-corrected chi connectivity index (χ4v) is 6.14. The summed E-state index contributed by atoms with van der Waals surface area (Å²) in [6.45, 7) is 1.33. The number of methoxy groups -OCH3 is 1. The summed E-state index contributed by atoms with van der Waals surface area (Å²) >= 11 is 0. The largest absolute Gasteiger partial charge is 0.497 e. The summed E-state index contributed by atoms with van der Waals surface area (Å²) in [5.41, 5.74) is 1.20. The van der Waals surface area contributed by atoms with Crippen molar-refractivity contribution in [3.05, 3.63) is 126 Å². The first-order valence-electron chi connectivity index (χ1n) is 13.8. The highest BCUT2D eigenvalue weighted by atomic mass is 32.2. The van der Waals surface area contributed by atoms with Gasteiger partial charge in [0.2, 0.25) is 11.8 Å². The van der Waals surface area contributed by atoms with E-state index in [-0.39, 0.29) is 23.5 Å². The van der Waals surface area contributed by atoms with Crippen molar-refractivity contribution in [3.8, 4) is 5.75 Å². The molecule has 4 aromatic rings. The van der Waals surface area contributed by atoms with E-state index in [1.165, 1.54) is 42.3 Å². The Balaban J connectivity index is 1.81. The molecule has 0 bridgehead atoms. The van der Waals surface area contributed by atoms with Gasteiger partial charge in [-0.05, 0) is 54.4 Å². The third kappa shape index (κ3) is 7.78. The number of amides is 2. The zero-order valence-electron chi connectivity index (χ0n) is 24.0. The zero-order chi connectivity index (χ0) is 30.8. The third-order valence-corrected chi connectivity index (χ3v) is 8.61. The number of rotatable bonds is 13. The first-order valence-corrected chi connectivity index (χ1v) is 15.2. The average molecular weight is 604 g/mol. The van der Waals surface area contributed by atoms with Crippen LogP contribution in [-0.4, -0.2) is 51.4 Å². The lowest BCUT2D eigenvalue weighted by atomic mass is 10.0. The lowest BCUT2D eigenvalue weighted by molar-refractivity contribution is -0.140. The molecule has 0 radical (unpaired) electrons. The molecule has 0 aliphatic carbocycles. The van der Waals surface area contributed by atoms with E-state index < -0.39 is 40.2 Å². The Bertz CT molecular complexity index is 1630. The van der Waals surface area contributed by atoms with Gasteiger partial charge in [-0.25, -0.2) is 12.8 Å². The molecule has 43 heavy (non-hydrogen) atoms. The second-order valence-corrected chi connectivity index (χ2v) is 11.6. The average Bonchev–Trinajstić information content (AvgIpc) is 3.03. The van der Waals surface area contributed by atoms with Gasteiger partial charge in [-0.15, -0.1) is 0 Å². The standard InChI is InChI=1S/C33H34FN3O5S/c1-3-35-33(39)31(22-25-13-6-4-7-14-25)36(23-26-15-12-16-27(21-26)42-2)32(38)24-37(30-20-11-10-19-29(30)34)43(40,41)28-17-8-5-9-18-28/h4-21,31H,3,22-24H2,1-2H3,(H,35,39). The molecule has 0 spiro atoms. The Morgan fingerprint density at radius 2 is 1.49 bits per heavy atom. The van der Waals surface area contributed by atoms with Crippen LogP contribution in [-0.2, 0) is 32.6 Å². The van der Waals surface area contributed by atoms with E-state index in [1.807, 2.05) is 30.3 Å². The van der Waals surface area contributed by atoms with Crippen molar-refractivity contribution in [1.29, 1.82) is 0 Å². The number of hydrogen-bond acceptors (Lipinski definition) is 5. The summed E-state index contributed by atoms with van der Waals surface area (Å²) in [5.74, 6) is -1.33. The van der Waals surface area contributed by atoms with Crippen LogP contribution >= 0.6 is 0 Å². The lowest BCUT2D eigenvalue weighted by Gasteiger charge is -2.34. The molecule has 8 nitrogen and oxygen atoms in total. The van der Waals surface area contributed by atoms with E-state index >= 15 is 4.39 Å². The minimum absolute atomic E-state index is 0.0266. The van der Waals surface area contributed by atoms with Crippen LogP contribution in [0.5, 0.6) is 5.75 Å². The molecule has 1 N–H and O–H groups in total. The second kappa shape index (κ2) is 14.5. The zero-order valence-corrected chi connectivity index (χ0v) is 24.8. The van der Waals surface area contributed by atoms with Crippen LogP contribution in [0.2, 0.25) is 0 Å². The molecule has 0 aliphatic heterocycles. The van der Waals surface area contributed by atoms with Gasteiger partial charge in [0.05, 0.1) is 17.7 Å². The van der Waals surface area contributed by atoms with Gasteiger partial charge < -0.3 is 15.0 Å². The smallest absolute Gasteiger partial charge is 0.264 e. The number of likely N-dealkylation sites (N-methyl/N-ethyl adjacent to an activating group) is 1. The number of nitrogens with zero attached hydrogens (tertiary/aromatic N) is 2. The lowest BCUT2D eigenvalue weighted by Crippen LogP contribution is -2.53. The van der Waals surface area contributed by atoms with Crippen molar-refractivity contribution < 1.29 is 27.1 Å². The summed E-state index contributed by atoms with van der Waals surface area (Å²) < 4.78 is 49.0. The van der Waals surface area contributed by atoms with Crippen LogP contribution in [0.25, 0.3) is 0 Å². The summed E-state index contributed by atoms with van der Waals surface area (Å²) in [6, 6.07) is 28.2. The summed E-state index contributed by atoms with van der Waals surface area (Å²) in [4.78, 5) is 29.1. The maximum atomic E-state index is 15.1. The predicted molar refractivity (Wildman–Crippen MR) is 164 cm³/mol. The van der Waals surface area contributed by atoms with E-state index in [9.17, 15) is 18.0 Å². The SMILES string of the molecule is CCNC(=O)C(Cc1ccccc1)N(Cc1cccc(OC)c1)C(=O)CN(c1ccccc1F)S(=O)(=O)c1ccccc1. The highest BCUT2D eigenvalue weighted by Crippen LogP contribution is 2.27. The van der Waals surface area contributed by atoms with Crippen molar-refractivity contribution in [2.24, 2.45) is 0 Å². The molecule has 0 saturated carbocycles. The first kappa shape index (κ1) is 31.2. The molecular weight excluding hydrogens is 569 g/mol. The predicted octanol–water partition coefficient (Wildman–Crippen LogP) is 4.81. The molecule has 224 valence electrons. The molecule has 0 fully saturated rings. The van der Waals surface area contributed by atoms with Crippen molar-refractivity contribution in [1.82, 2.24) is 10.2 Å². The molecule has 10 heteroatoms. The Hall–Kier alpha value is -4.70. The first-order chi connectivity index (χ1) is 20.7. The van der Waals surface area contributed by atoms with E-state index in [1.54, 1.807) is 49.4 Å². The number of ether oxygens (including phenoxy) is 1. The highest BCUT2D eigenvalue weighted by Gasteiger charge is 2.35. The molecule has 4 rings (SSSR count). The third-order valence-electron chi connectivity index (χ3n) is 6.84. The van der Waals surface area contributed by atoms with E-state index in [0.717, 1.165) is 15.9 Å². The Kier molecular flexibility index (Phi) is 10.5. The highest BCUT2D eigenvalue weighted by molar-refractivity contribution is 7.92. The van der Waals surface area contributed by atoms with Gasteiger partial charge in [-0.1, -0.05) is 72.8 Å². The number of sulfonamides is 1. The topological polar surface area (TPSA) is 96.0 Å². The molecule has 4 aromatic carbocycles. The molecule has 2 amide bonds. The maximum Gasteiger partial charge on any atom is 0.264 e. The number of carbonyl (C=O) groups excluding carboxylic acids is 2. The van der Waals surface area contributed by atoms with Crippen LogP contribution in [0.1, 0.15) is 18.1 Å². The van der Waals surface area contributed by atoms with Crippen LogP contribution in [0.4, 0.5) is 10.1 Å². The van der Waals surface area contributed by atoms with Gasteiger partial charge >= 0.3 is 0 Å². The Morgan fingerprint density at radius 3 is 2.14 bits per heavy atom. The molecule has 1 atom stereocenters. The summed E-state index contributed by atoms with van der Waals surface area (Å²) in [7, 11) is -2.86. The number of hydrogen-bond donors (Lipinski definition) is 1. The second-order valence-electron chi connectivity index (χ2n) is 9.75. The van der Waals surface area contributed by atoms with E-state index in [0.29, 0.717) is 17.9 Å². The fourth-order valence-electron chi connectivity index (χ4n) is 4.70. The molecule has 0 saturated heterocycles. The van der Waals surface area contributed by atoms with Crippen molar-refractivity contribution >= 4 is 27.5 Å². The molecule has 0 heterocycles. The van der Waals surface area contributed by atoms with Crippen LogP contribution < -0.4 is 14.4 Å². The van der Waals surface area contributed by atoms with Gasteiger partial charge in [0.1, 0.15) is 24.2 Å². The monoisotopic (exact) mass is 603 g/mol. The number of para-hydroxylation sites is 1. The normalized spacial score (nSPS) is 11.8. The van der Waals surface area contributed by atoms with Gasteiger partial charge in [-0.3, -0.25) is 13.9 Å². The molecule has 0 aromatic heterocycles. The van der Waals surface area contributed by atoms with Crippen LogP contribution in [0, 0.1) is 5.82 Å². The Morgan fingerprint density at radius 1 is 0.860 bits per heavy atom. The fraction of sp³-hybridized carbons (Fsp3) is 0.212. The number of nitrogens with one attached hydrogen (secondary N) is 1. The van der Waals surface area contributed by atoms with Crippen LogP contribution in [0.3, 0.4) is 0 Å². The van der Waals surface area contributed by atoms with Gasteiger partial charge in [-0.2, -0.15) is 0 Å². The van der Waals surface area contributed by atoms with Gasteiger partial charge in [0.15, 0.2) is 0 Å². The number of carbonyl (C=O) groups is 2. The minimum Gasteiger partial charge on any atom is -0.497 e. The maximum absolute atomic E-state index is 15.1. The number of anilines is 1. The number of benzene rings is 4. The van der Waals surface area contributed by atoms with Crippen molar-refractivity contribution in [3.63, 3.8) is 0 Å². The quantitative estimate of drug-likeness (QED) is 0.237. The van der Waals surface area contributed by atoms with Gasteiger partial charge in [0.25, 0.3) is 10.0 Å². The molecule has 1 unspecified atom stereocenters. The molecule has 0 aliphatic rings.